The van der Waals surface area contributed by atoms with Gasteiger partial charge in [-0.15, -0.1) is 0 Å². The Labute approximate surface area is 169 Å². The molecule has 0 radical (unpaired) electrons. The molecule has 2 amide bonds. The molecule has 3 aromatic carbocycles. The highest BCUT2D eigenvalue weighted by Crippen LogP contribution is 2.17. The summed E-state index contributed by atoms with van der Waals surface area (Å²) in [6, 6.07) is 23.4. The van der Waals surface area contributed by atoms with Gasteiger partial charge in [-0.05, 0) is 54.1 Å². The predicted octanol–water partition coefficient (Wildman–Crippen LogP) is 4.10. The minimum absolute atomic E-state index is 0.0470. The lowest BCUT2D eigenvalue weighted by Crippen LogP contribution is -2.18. The number of carbonyl (C=O) groups excluding carboxylic acids is 2. The second-order valence-corrected chi connectivity index (χ2v) is 6.29. The zero-order valence-corrected chi connectivity index (χ0v) is 16.1. The van der Waals surface area contributed by atoms with Gasteiger partial charge in [-0.25, -0.2) is 0 Å². The van der Waals surface area contributed by atoms with Gasteiger partial charge in [0.1, 0.15) is 12.4 Å². The van der Waals surface area contributed by atoms with E-state index in [1.165, 1.54) is 0 Å². The lowest BCUT2D eigenvalue weighted by molar-refractivity contribution is -0.121. The molecule has 0 fully saturated rings. The van der Waals surface area contributed by atoms with E-state index in [0.29, 0.717) is 23.5 Å². The third-order valence-electron chi connectivity index (χ3n) is 4.12. The highest BCUT2D eigenvalue weighted by Gasteiger charge is 2.08. The number of hydrogen-bond acceptors (Lipinski definition) is 4. The van der Waals surface area contributed by atoms with Crippen LogP contribution in [0.1, 0.15) is 15.9 Å². The molecule has 0 bridgehead atoms. The van der Waals surface area contributed by atoms with E-state index in [2.05, 4.69) is 10.6 Å². The number of nitrogens with one attached hydrogen (secondary N) is 2. The number of carbonyl (C=O) groups is 2. The van der Waals surface area contributed by atoms with E-state index in [1.807, 2.05) is 30.3 Å². The van der Waals surface area contributed by atoms with Crippen molar-refractivity contribution in [1.82, 2.24) is 0 Å². The van der Waals surface area contributed by atoms with Gasteiger partial charge >= 0.3 is 0 Å². The number of benzene rings is 3. The van der Waals surface area contributed by atoms with Crippen LogP contribution in [-0.2, 0) is 16.1 Å². The third kappa shape index (κ3) is 6.19. The van der Waals surface area contributed by atoms with Crippen molar-refractivity contribution in [2.45, 2.75) is 6.61 Å². The number of amides is 2. The smallest absolute Gasteiger partial charge is 0.255 e. The second-order valence-electron chi connectivity index (χ2n) is 6.29. The molecule has 0 aromatic heterocycles. The van der Waals surface area contributed by atoms with Crippen LogP contribution in [0.25, 0.3) is 0 Å². The molecule has 148 valence electrons. The number of ether oxygens (including phenoxy) is 2. The molecule has 0 aliphatic rings. The first-order chi connectivity index (χ1) is 14.1. The van der Waals surface area contributed by atoms with Crippen molar-refractivity contribution >= 4 is 23.2 Å². The molecular weight excluding hydrogens is 368 g/mol. The lowest BCUT2D eigenvalue weighted by atomic mass is 10.2. The summed E-state index contributed by atoms with van der Waals surface area (Å²) in [5.74, 6) is 0.228. The Morgan fingerprint density at radius 1 is 0.793 bits per heavy atom. The van der Waals surface area contributed by atoms with Crippen molar-refractivity contribution in [2.75, 3.05) is 24.4 Å². The molecule has 0 aliphatic carbocycles. The van der Waals surface area contributed by atoms with Crippen LogP contribution in [0.2, 0.25) is 0 Å². The van der Waals surface area contributed by atoms with Gasteiger partial charge in [0.15, 0.2) is 0 Å². The molecule has 3 rings (SSSR count). The monoisotopic (exact) mass is 390 g/mol. The standard InChI is InChI=1S/C23H22N2O4/c1-28-21-13-11-20(12-14-21)25-23(27)18-7-9-19(10-8-18)24-22(26)16-29-15-17-5-3-2-4-6-17/h2-14H,15-16H2,1H3,(H,24,26)(H,25,27). The SMILES string of the molecule is COc1ccc(NC(=O)c2ccc(NC(=O)COCc3ccccc3)cc2)cc1. The van der Waals surface area contributed by atoms with E-state index in [4.69, 9.17) is 9.47 Å². The topological polar surface area (TPSA) is 76.7 Å². The molecule has 0 atom stereocenters. The average Bonchev–Trinajstić information content (AvgIpc) is 2.75. The minimum Gasteiger partial charge on any atom is -0.497 e. The summed E-state index contributed by atoms with van der Waals surface area (Å²) >= 11 is 0. The lowest BCUT2D eigenvalue weighted by Gasteiger charge is -2.09. The molecular formula is C23H22N2O4. The quantitative estimate of drug-likeness (QED) is 0.607. The number of hydrogen-bond donors (Lipinski definition) is 2. The maximum absolute atomic E-state index is 12.3. The summed E-state index contributed by atoms with van der Waals surface area (Å²) in [6.45, 7) is 0.327. The Hall–Kier alpha value is -3.64. The molecule has 0 aliphatic heterocycles. The minimum atomic E-state index is -0.253. The van der Waals surface area contributed by atoms with Crippen LogP contribution >= 0.6 is 0 Å². The molecule has 2 N–H and O–H groups in total. The molecule has 0 saturated carbocycles. The normalized spacial score (nSPS) is 10.2. The number of rotatable bonds is 8. The van der Waals surface area contributed by atoms with E-state index in [1.54, 1.807) is 55.6 Å². The van der Waals surface area contributed by atoms with Gasteiger partial charge in [0, 0.05) is 16.9 Å². The van der Waals surface area contributed by atoms with E-state index < -0.39 is 0 Å². The maximum Gasteiger partial charge on any atom is 0.255 e. The van der Waals surface area contributed by atoms with E-state index >= 15 is 0 Å². The predicted molar refractivity (Wildman–Crippen MR) is 112 cm³/mol. The summed E-state index contributed by atoms with van der Waals surface area (Å²) in [7, 11) is 1.59. The van der Waals surface area contributed by atoms with Gasteiger partial charge in [-0.3, -0.25) is 9.59 Å². The molecule has 6 nitrogen and oxygen atoms in total. The van der Waals surface area contributed by atoms with Crippen LogP contribution in [-0.4, -0.2) is 25.5 Å². The van der Waals surface area contributed by atoms with E-state index in [-0.39, 0.29) is 18.4 Å². The van der Waals surface area contributed by atoms with Gasteiger partial charge in [-0.2, -0.15) is 0 Å². The Morgan fingerprint density at radius 3 is 2.07 bits per heavy atom. The first-order valence-corrected chi connectivity index (χ1v) is 9.11. The van der Waals surface area contributed by atoms with Gasteiger partial charge in [0.05, 0.1) is 13.7 Å². The van der Waals surface area contributed by atoms with Crippen LogP contribution in [0.5, 0.6) is 5.75 Å². The Kier molecular flexibility index (Phi) is 6.97. The summed E-state index contributed by atoms with van der Waals surface area (Å²) < 4.78 is 10.5. The Bertz CT molecular complexity index is 939. The number of methoxy groups -OCH3 is 1. The molecule has 29 heavy (non-hydrogen) atoms. The van der Waals surface area contributed by atoms with Crippen LogP contribution in [0.4, 0.5) is 11.4 Å². The van der Waals surface area contributed by atoms with Crippen molar-refractivity contribution in [3.63, 3.8) is 0 Å². The Morgan fingerprint density at radius 2 is 1.41 bits per heavy atom. The van der Waals surface area contributed by atoms with E-state index in [9.17, 15) is 9.59 Å². The fourth-order valence-electron chi connectivity index (χ4n) is 2.62. The van der Waals surface area contributed by atoms with Crippen molar-refractivity contribution in [3.05, 3.63) is 90.0 Å². The fraction of sp³-hybridized carbons (Fsp3) is 0.130. The van der Waals surface area contributed by atoms with Gasteiger partial charge in [0.2, 0.25) is 5.91 Å². The Balaban J connectivity index is 1.47. The largest absolute Gasteiger partial charge is 0.497 e. The summed E-state index contributed by atoms with van der Waals surface area (Å²) in [4.78, 5) is 24.3. The summed E-state index contributed by atoms with van der Waals surface area (Å²) in [5.41, 5.74) is 2.76. The van der Waals surface area contributed by atoms with Crippen LogP contribution in [0.3, 0.4) is 0 Å². The molecule has 3 aromatic rings. The summed E-state index contributed by atoms with van der Waals surface area (Å²) in [6.07, 6.45) is 0. The average molecular weight is 390 g/mol. The second kappa shape index (κ2) is 10.1. The van der Waals surface area contributed by atoms with Crippen molar-refractivity contribution in [3.8, 4) is 5.75 Å². The zero-order valence-electron chi connectivity index (χ0n) is 16.1. The van der Waals surface area contributed by atoms with Crippen LogP contribution in [0, 0.1) is 0 Å². The zero-order chi connectivity index (χ0) is 20.5. The van der Waals surface area contributed by atoms with Gasteiger partial charge in [0.25, 0.3) is 5.91 Å². The summed E-state index contributed by atoms with van der Waals surface area (Å²) in [5, 5.41) is 5.56. The van der Waals surface area contributed by atoms with E-state index in [0.717, 1.165) is 11.3 Å². The van der Waals surface area contributed by atoms with Gasteiger partial charge in [-0.1, -0.05) is 30.3 Å². The van der Waals surface area contributed by atoms with Crippen LogP contribution < -0.4 is 15.4 Å². The highest BCUT2D eigenvalue weighted by atomic mass is 16.5. The molecule has 6 heteroatoms. The molecule has 0 saturated heterocycles. The third-order valence-corrected chi connectivity index (χ3v) is 4.12. The first-order valence-electron chi connectivity index (χ1n) is 9.11. The highest BCUT2D eigenvalue weighted by molar-refractivity contribution is 6.04. The maximum atomic E-state index is 12.3. The van der Waals surface area contributed by atoms with Crippen molar-refractivity contribution in [1.29, 1.82) is 0 Å². The van der Waals surface area contributed by atoms with Crippen LogP contribution in [0.15, 0.2) is 78.9 Å². The number of anilines is 2. The molecule has 0 spiro atoms. The van der Waals surface area contributed by atoms with Gasteiger partial charge < -0.3 is 20.1 Å². The first kappa shape index (κ1) is 20.1. The fourth-order valence-corrected chi connectivity index (χ4v) is 2.62. The van der Waals surface area contributed by atoms with Crippen molar-refractivity contribution in [2.24, 2.45) is 0 Å². The van der Waals surface area contributed by atoms with Crippen molar-refractivity contribution < 1.29 is 19.1 Å². The molecule has 0 unspecified atom stereocenters. The molecule has 0 heterocycles.